The maximum Gasteiger partial charge on any atom is 0.315 e. The van der Waals surface area contributed by atoms with E-state index in [0.717, 1.165) is 23.4 Å². The van der Waals surface area contributed by atoms with Crippen molar-refractivity contribution in [1.82, 2.24) is 25.4 Å². The molecule has 118 valence electrons. The molecule has 0 spiro atoms. The van der Waals surface area contributed by atoms with E-state index in [2.05, 4.69) is 20.8 Å². The van der Waals surface area contributed by atoms with Crippen molar-refractivity contribution in [2.45, 2.75) is 25.8 Å². The second kappa shape index (κ2) is 7.79. The number of carbonyl (C=O) groups excluding carboxylic acids is 1. The number of rotatable bonds is 6. The number of amides is 2. The molecule has 2 rings (SSSR count). The molecule has 0 bridgehead atoms. The summed E-state index contributed by atoms with van der Waals surface area (Å²) >= 11 is 6.09. The third-order valence-electron chi connectivity index (χ3n) is 3.35. The number of halogens is 1. The Balaban J connectivity index is 1.70. The highest BCUT2D eigenvalue weighted by Gasteiger charge is 2.13. The molecule has 0 saturated carbocycles. The first-order valence-electron chi connectivity index (χ1n) is 7.19. The summed E-state index contributed by atoms with van der Waals surface area (Å²) in [5, 5.41) is 14.2. The minimum Gasteiger partial charge on any atom is -0.338 e. The van der Waals surface area contributed by atoms with Crippen molar-refractivity contribution in [3.63, 3.8) is 0 Å². The zero-order valence-corrected chi connectivity index (χ0v) is 13.5. The maximum atomic E-state index is 11.8. The zero-order chi connectivity index (χ0) is 15.9. The van der Waals surface area contributed by atoms with Crippen LogP contribution in [0.3, 0.4) is 0 Å². The van der Waals surface area contributed by atoms with E-state index in [1.807, 2.05) is 38.2 Å². The first-order valence-corrected chi connectivity index (χ1v) is 7.57. The summed E-state index contributed by atoms with van der Waals surface area (Å²) in [5.74, 6) is 0.714. The van der Waals surface area contributed by atoms with Crippen LogP contribution < -0.4 is 10.6 Å². The number of hydrogen-bond donors (Lipinski definition) is 2. The van der Waals surface area contributed by atoms with Crippen molar-refractivity contribution >= 4 is 17.6 Å². The number of nitrogens with zero attached hydrogens (tertiary/aromatic N) is 3. The SMILES string of the molecule is C[C@@H](NC(=O)NCCCc1ccccc1Cl)c1nncn1C. The Labute approximate surface area is 134 Å². The normalized spacial score (nSPS) is 12.0. The number of urea groups is 1. The predicted octanol–water partition coefficient (Wildman–Crippen LogP) is 2.46. The van der Waals surface area contributed by atoms with Gasteiger partial charge in [0.05, 0.1) is 6.04 Å². The molecule has 1 atom stereocenters. The zero-order valence-electron chi connectivity index (χ0n) is 12.7. The van der Waals surface area contributed by atoms with Gasteiger partial charge in [-0.25, -0.2) is 4.79 Å². The number of hydrogen-bond acceptors (Lipinski definition) is 3. The first-order chi connectivity index (χ1) is 10.6. The predicted molar refractivity (Wildman–Crippen MR) is 85.7 cm³/mol. The van der Waals surface area contributed by atoms with Gasteiger partial charge < -0.3 is 15.2 Å². The third kappa shape index (κ3) is 4.46. The molecule has 0 saturated heterocycles. The fourth-order valence-corrected chi connectivity index (χ4v) is 2.41. The summed E-state index contributed by atoms with van der Waals surface area (Å²) < 4.78 is 1.78. The van der Waals surface area contributed by atoms with Crippen molar-refractivity contribution in [1.29, 1.82) is 0 Å². The minimum absolute atomic E-state index is 0.198. The van der Waals surface area contributed by atoms with Gasteiger partial charge in [-0.15, -0.1) is 10.2 Å². The molecule has 0 fully saturated rings. The lowest BCUT2D eigenvalue weighted by molar-refractivity contribution is 0.237. The van der Waals surface area contributed by atoms with Crippen LogP contribution in [0.15, 0.2) is 30.6 Å². The van der Waals surface area contributed by atoms with Crippen LogP contribution in [0.2, 0.25) is 5.02 Å². The van der Waals surface area contributed by atoms with E-state index in [1.165, 1.54) is 0 Å². The van der Waals surface area contributed by atoms with Gasteiger partial charge in [0.2, 0.25) is 0 Å². The molecule has 0 radical (unpaired) electrons. The van der Waals surface area contributed by atoms with Crippen LogP contribution in [0, 0.1) is 0 Å². The monoisotopic (exact) mass is 321 g/mol. The molecule has 0 aliphatic rings. The quantitative estimate of drug-likeness (QED) is 0.803. The maximum absolute atomic E-state index is 11.8. The number of aromatic nitrogens is 3. The summed E-state index contributed by atoms with van der Waals surface area (Å²) in [6.07, 6.45) is 3.27. The smallest absolute Gasteiger partial charge is 0.315 e. The molecule has 2 N–H and O–H groups in total. The van der Waals surface area contributed by atoms with Crippen molar-refractivity contribution in [2.75, 3.05) is 6.54 Å². The molecular formula is C15H20ClN5O. The lowest BCUT2D eigenvalue weighted by Gasteiger charge is -2.13. The highest BCUT2D eigenvalue weighted by molar-refractivity contribution is 6.31. The summed E-state index contributed by atoms with van der Waals surface area (Å²) in [6, 6.07) is 7.33. The molecule has 1 heterocycles. The third-order valence-corrected chi connectivity index (χ3v) is 3.72. The van der Waals surface area contributed by atoms with Gasteiger partial charge in [-0.05, 0) is 31.4 Å². The summed E-state index contributed by atoms with van der Waals surface area (Å²) in [7, 11) is 1.84. The summed E-state index contributed by atoms with van der Waals surface area (Å²) in [4.78, 5) is 11.8. The van der Waals surface area contributed by atoms with E-state index in [1.54, 1.807) is 10.9 Å². The van der Waals surface area contributed by atoms with E-state index < -0.39 is 0 Å². The molecule has 0 aliphatic heterocycles. The second-order valence-electron chi connectivity index (χ2n) is 5.12. The van der Waals surface area contributed by atoms with Crippen LogP contribution in [-0.2, 0) is 13.5 Å². The van der Waals surface area contributed by atoms with Gasteiger partial charge >= 0.3 is 6.03 Å². The highest BCUT2D eigenvalue weighted by Crippen LogP contribution is 2.16. The van der Waals surface area contributed by atoms with Crippen LogP contribution in [0.25, 0.3) is 0 Å². The Hall–Kier alpha value is -2.08. The molecule has 0 aliphatic carbocycles. The van der Waals surface area contributed by atoms with Crippen molar-refractivity contribution in [3.8, 4) is 0 Å². The summed E-state index contributed by atoms with van der Waals surface area (Å²) in [6.45, 7) is 2.45. The van der Waals surface area contributed by atoms with Gasteiger partial charge in [0.15, 0.2) is 5.82 Å². The topological polar surface area (TPSA) is 71.8 Å². The van der Waals surface area contributed by atoms with Gasteiger partial charge in [0.1, 0.15) is 6.33 Å². The van der Waals surface area contributed by atoms with Gasteiger partial charge in [-0.3, -0.25) is 0 Å². The number of nitrogens with one attached hydrogen (secondary N) is 2. The Kier molecular flexibility index (Phi) is 5.77. The average Bonchev–Trinajstić information content (AvgIpc) is 2.91. The standard InChI is InChI=1S/C15H20ClN5O/c1-11(14-20-18-10-21(14)2)19-15(22)17-9-5-7-12-6-3-4-8-13(12)16/h3-4,6,8,10-11H,5,7,9H2,1-2H3,(H2,17,19,22)/t11-/m1/s1. The molecule has 2 amide bonds. The number of carbonyl (C=O) groups is 1. The fraction of sp³-hybridized carbons (Fsp3) is 0.400. The highest BCUT2D eigenvalue weighted by atomic mass is 35.5. The van der Waals surface area contributed by atoms with Crippen LogP contribution in [-0.4, -0.2) is 27.3 Å². The Morgan fingerprint density at radius 2 is 2.18 bits per heavy atom. The van der Waals surface area contributed by atoms with E-state index in [9.17, 15) is 4.79 Å². The van der Waals surface area contributed by atoms with Crippen LogP contribution in [0.4, 0.5) is 4.79 Å². The van der Waals surface area contributed by atoms with Crippen molar-refractivity contribution < 1.29 is 4.79 Å². The molecule has 22 heavy (non-hydrogen) atoms. The lowest BCUT2D eigenvalue weighted by atomic mass is 10.1. The second-order valence-corrected chi connectivity index (χ2v) is 5.52. The molecule has 6 nitrogen and oxygen atoms in total. The lowest BCUT2D eigenvalue weighted by Crippen LogP contribution is -2.38. The fourth-order valence-electron chi connectivity index (χ4n) is 2.18. The van der Waals surface area contributed by atoms with Crippen molar-refractivity contribution in [2.24, 2.45) is 7.05 Å². The largest absolute Gasteiger partial charge is 0.338 e. The summed E-state index contributed by atoms with van der Waals surface area (Å²) in [5.41, 5.74) is 1.10. The molecular weight excluding hydrogens is 302 g/mol. The molecule has 2 aromatic rings. The van der Waals surface area contributed by atoms with Gasteiger partial charge in [0, 0.05) is 18.6 Å². The Morgan fingerprint density at radius 1 is 1.41 bits per heavy atom. The van der Waals surface area contributed by atoms with Gasteiger partial charge in [0.25, 0.3) is 0 Å². The molecule has 0 unspecified atom stereocenters. The van der Waals surface area contributed by atoms with E-state index >= 15 is 0 Å². The van der Waals surface area contributed by atoms with Gasteiger partial charge in [-0.2, -0.15) is 0 Å². The molecule has 1 aromatic heterocycles. The van der Waals surface area contributed by atoms with Crippen LogP contribution >= 0.6 is 11.6 Å². The number of benzene rings is 1. The van der Waals surface area contributed by atoms with E-state index in [-0.39, 0.29) is 12.1 Å². The minimum atomic E-state index is -0.213. The first kappa shape index (κ1) is 16.3. The van der Waals surface area contributed by atoms with Gasteiger partial charge in [-0.1, -0.05) is 29.8 Å². The molecule has 1 aromatic carbocycles. The number of aryl methyl sites for hydroxylation is 2. The van der Waals surface area contributed by atoms with E-state index in [4.69, 9.17) is 11.6 Å². The van der Waals surface area contributed by atoms with Crippen molar-refractivity contribution in [3.05, 3.63) is 47.0 Å². The Morgan fingerprint density at radius 3 is 2.86 bits per heavy atom. The van der Waals surface area contributed by atoms with E-state index in [0.29, 0.717) is 12.4 Å². The van der Waals surface area contributed by atoms with Crippen LogP contribution in [0.1, 0.15) is 30.8 Å². The van der Waals surface area contributed by atoms with Crippen LogP contribution in [0.5, 0.6) is 0 Å². The Bertz CT molecular complexity index is 628. The molecule has 7 heteroatoms. The average molecular weight is 322 g/mol.